The third-order valence-corrected chi connectivity index (χ3v) is 5.83. The highest BCUT2D eigenvalue weighted by molar-refractivity contribution is 5.94. The predicted molar refractivity (Wildman–Crippen MR) is 103 cm³/mol. The lowest BCUT2D eigenvalue weighted by Gasteiger charge is -2.44. The molecule has 0 bridgehead atoms. The zero-order valence-electron chi connectivity index (χ0n) is 15.6. The van der Waals surface area contributed by atoms with Crippen LogP contribution in [0.3, 0.4) is 0 Å². The molecule has 3 aromatic rings. The molecule has 4 heterocycles. The Kier molecular flexibility index (Phi) is 3.88. The molecule has 1 N–H and O–H groups in total. The van der Waals surface area contributed by atoms with Crippen molar-refractivity contribution in [2.75, 3.05) is 25.0 Å². The molecular formula is C19H21N7O2. The second kappa shape index (κ2) is 6.43. The van der Waals surface area contributed by atoms with Gasteiger partial charge in [-0.25, -0.2) is 0 Å². The summed E-state index contributed by atoms with van der Waals surface area (Å²) in [4.78, 5) is 30.2. The molecule has 1 aliphatic carbocycles. The molecule has 2 aliphatic rings. The van der Waals surface area contributed by atoms with Gasteiger partial charge in [-0.2, -0.15) is 4.52 Å². The fourth-order valence-electron chi connectivity index (χ4n) is 3.69. The fourth-order valence-corrected chi connectivity index (χ4v) is 3.69. The van der Waals surface area contributed by atoms with Crippen LogP contribution in [-0.2, 0) is 0 Å². The van der Waals surface area contributed by atoms with Gasteiger partial charge >= 0.3 is 0 Å². The monoisotopic (exact) mass is 379 g/mol. The van der Waals surface area contributed by atoms with Gasteiger partial charge in [-0.3, -0.25) is 9.59 Å². The number of nitrogens with one attached hydrogen (secondary N) is 1. The van der Waals surface area contributed by atoms with Crippen molar-refractivity contribution >= 4 is 17.4 Å². The second-order valence-electron chi connectivity index (χ2n) is 7.56. The van der Waals surface area contributed by atoms with E-state index in [1.54, 1.807) is 18.0 Å². The van der Waals surface area contributed by atoms with Crippen LogP contribution in [0, 0.1) is 0 Å². The number of aromatic amines is 1. The Morgan fingerprint density at radius 1 is 1.18 bits per heavy atom. The van der Waals surface area contributed by atoms with E-state index < -0.39 is 0 Å². The first-order chi connectivity index (χ1) is 13.6. The molecule has 0 aromatic carbocycles. The largest absolute Gasteiger partial charge is 0.351 e. The number of carbonyl (C=O) groups excluding carboxylic acids is 1. The topological polar surface area (TPSA) is 99.5 Å². The summed E-state index contributed by atoms with van der Waals surface area (Å²) in [5.41, 5.74) is 1.04. The molecule has 0 spiro atoms. The average molecular weight is 379 g/mol. The third-order valence-electron chi connectivity index (χ3n) is 5.83. The van der Waals surface area contributed by atoms with Crippen molar-refractivity contribution in [1.29, 1.82) is 0 Å². The van der Waals surface area contributed by atoms with E-state index >= 15 is 0 Å². The van der Waals surface area contributed by atoms with E-state index in [2.05, 4.69) is 20.1 Å². The summed E-state index contributed by atoms with van der Waals surface area (Å²) in [6.07, 6.45) is 5.00. The highest BCUT2D eigenvalue weighted by Crippen LogP contribution is 2.35. The Hall–Kier alpha value is -3.23. The quantitative estimate of drug-likeness (QED) is 0.727. The van der Waals surface area contributed by atoms with E-state index in [1.165, 1.54) is 18.7 Å². The number of fused-ring (bicyclic) bond motifs is 1. The van der Waals surface area contributed by atoms with E-state index in [9.17, 15) is 9.59 Å². The maximum atomic E-state index is 12.6. The number of hydrogen-bond donors (Lipinski definition) is 1. The van der Waals surface area contributed by atoms with Crippen LogP contribution in [0.25, 0.3) is 5.65 Å². The number of hydrogen-bond acceptors (Lipinski definition) is 6. The van der Waals surface area contributed by atoms with Gasteiger partial charge in [0.05, 0.1) is 11.6 Å². The van der Waals surface area contributed by atoms with Gasteiger partial charge in [0.15, 0.2) is 11.5 Å². The molecule has 1 saturated heterocycles. The highest BCUT2D eigenvalue weighted by atomic mass is 16.2. The minimum Gasteiger partial charge on any atom is -0.351 e. The standard InChI is InChI=1S/C19H21N7O2/c1-24(19(28)13-5-8-17(27)20-9-13)14-10-25(11-14)16-7-6-15-21-22-18(26(15)23-16)12-3-2-4-12/h5-9,12,14H,2-4,10-11H2,1H3,(H,20,27). The zero-order chi connectivity index (χ0) is 19.3. The summed E-state index contributed by atoms with van der Waals surface area (Å²) in [6, 6.07) is 6.92. The molecular weight excluding hydrogens is 358 g/mol. The van der Waals surface area contributed by atoms with Gasteiger partial charge in [-0.05, 0) is 31.0 Å². The molecule has 0 unspecified atom stereocenters. The van der Waals surface area contributed by atoms with Crippen LogP contribution in [0.15, 0.2) is 35.3 Å². The number of nitrogens with zero attached hydrogens (tertiary/aromatic N) is 6. The SMILES string of the molecule is CN(C(=O)c1ccc(=O)[nH]c1)C1CN(c2ccc3nnc(C4CCC4)n3n2)C1. The summed E-state index contributed by atoms with van der Waals surface area (Å²) in [7, 11) is 1.79. The van der Waals surface area contributed by atoms with Crippen molar-refractivity contribution in [1.82, 2.24) is 29.7 Å². The zero-order valence-corrected chi connectivity index (χ0v) is 15.6. The molecule has 28 heavy (non-hydrogen) atoms. The normalized spacial score (nSPS) is 17.4. The first-order valence-corrected chi connectivity index (χ1v) is 9.53. The first kappa shape index (κ1) is 16.9. The molecule has 9 heteroatoms. The van der Waals surface area contributed by atoms with Crippen molar-refractivity contribution in [2.45, 2.75) is 31.2 Å². The van der Waals surface area contributed by atoms with E-state index in [0.29, 0.717) is 24.6 Å². The maximum absolute atomic E-state index is 12.6. The molecule has 9 nitrogen and oxygen atoms in total. The van der Waals surface area contributed by atoms with Crippen molar-refractivity contribution in [3.8, 4) is 0 Å². The fraction of sp³-hybridized carbons (Fsp3) is 0.421. The number of likely N-dealkylation sites (N-methyl/N-ethyl adjacent to an activating group) is 1. The molecule has 1 aliphatic heterocycles. The van der Waals surface area contributed by atoms with Gasteiger partial charge in [-0.1, -0.05) is 6.42 Å². The first-order valence-electron chi connectivity index (χ1n) is 9.53. The van der Waals surface area contributed by atoms with Gasteiger partial charge < -0.3 is 14.8 Å². The summed E-state index contributed by atoms with van der Waals surface area (Å²) >= 11 is 0. The predicted octanol–water partition coefficient (Wildman–Crippen LogP) is 1.04. The van der Waals surface area contributed by atoms with E-state index in [-0.39, 0.29) is 17.5 Å². The molecule has 5 rings (SSSR count). The summed E-state index contributed by atoms with van der Waals surface area (Å²) in [6.45, 7) is 1.43. The molecule has 1 amide bonds. The average Bonchev–Trinajstić information content (AvgIpc) is 3.02. The van der Waals surface area contributed by atoms with Crippen molar-refractivity contribution in [3.05, 3.63) is 52.2 Å². The Labute approximate surface area is 161 Å². The number of H-pyrrole nitrogens is 1. The highest BCUT2D eigenvalue weighted by Gasteiger charge is 2.34. The second-order valence-corrected chi connectivity index (χ2v) is 7.56. The third kappa shape index (κ3) is 2.74. The van der Waals surface area contributed by atoms with Gasteiger partial charge in [0.2, 0.25) is 5.56 Å². The van der Waals surface area contributed by atoms with Crippen LogP contribution < -0.4 is 10.5 Å². The van der Waals surface area contributed by atoms with Gasteiger partial charge in [-0.15, -0.1) is 15.3 Å². The van der Waals surface area contributed by atoms with E-state index in [4.69, 9.17) is 5.10 Å². The molecule has 0 atom stereocenters. The van der Waals surface area contributed by atoms with E-state index in [1.807, 2.05) is 16.6 Å². The maximum Gasteiger partial charge on any atom is 0.255 e. The van der Waals surface area contributed by atoms with Crippen LogP contribution in [0.2, 0.25) is 0 Å². The van der Waals surface area contributed by atoms with Gasteiger partial charge in [0, 0.05) is 38.3 Å². The Balaban J connectivity index is 1.29. The van der Waals surface area contributed by atoms with Gasteiger partial charge in [0.25, 0.3) is 5.91 Å². The molecule has 2 fully saturated rings. The number of rotatable bonds is 4. The molecule has 144 valence electrons. The molecule has 0 radical (unpaired) electrons. The number of carbonyl (C=O) groups is 1. The number of amides is 1. The Bertz CT molecular complexity index is 1070. The number of aromatic nitrogens is 5. The number of anilines is 1. The van der Waals surface area contributed by atoms with E-state index in [0.717, 1.165) is 30.1 Å². The van der Waals surface area contributed by atoms with Crippen LogP contribution >= 0.6 is 0 Å². The van der Waals surface area contributed by atoms with Gasteiger partial charge in [0.1, 0.15) is 5.82 Å². The smallest absolute Gasteiger partial charge is 0.255 e. The Morgan fingerprint density at radius 2 is 2.00 bits per heavy atom. The summed E-state index contributed by atoms with van der Waals surface area (Å²) < 4.78 is 1.86. The lowest BCUT2D eigenvalue weighted by atomic mass is 9.85. The minimum atomic E-state index is -0.217. The lowest BCUT2D eigenvalue weighted by molar-refractivity contribution is 0.0704. The Morgan fingerprint density at radius 3 is 2.68 bits per heavy atom. The molecule has 1 saturated carbocycles. The molecule has 3 aromatic heterocycles. The van der Waals surface area contributed by atoms with Crippen molar-refractivity contribution in [3.63, 3.8) is 0 Å². The van der Waals surface area contributed by atoms with Crippen LogP contribution in [-0.4, -0.2) is 61.8 Å². The summed E-state index contributed by atoms with van der Waals surface area (Å²) in [5, 5.41) is 13.3. The minimum absolute atomic E-state index is 0.101. The lowest BCUT2D eigenvalue weighted by Crippen LogP contribution is -2.60. The van der Waals surface area contributed by atoms with Crippen LogP contribution in [0.1, 0.15) is 41.4 Å². The summed E-state index contributed by atoms with van der Waals surface area (Å²) in [5.74, 6) is 2.18. The number of pyridine rings is 1. The van der Waals surface area contributed by atoms with Crippen LogP contribution in [0.5, 0.6) is 0 Å². The van der Waals surface area contributed by atoms with Crippen molar-refractivity contribution < 1.29 is 4.79 Å². The van der Waals surface area contributed by atoms with Crippen LogP contribution in [0.4, 0.5) is 5.82 Å². The van der Waals surface area contributed by atoms with Crippen molar-refractivity contribution in [2.24, 2.45) is 0 Å².